The molecule has 1 aliphatic rings. The molecule has 1 N–H and O–H groups in total. The highest BCUT2D eigenvalue weighted by atomic mass is 79.9. The van der Waals surface area contributed by atoms with Gasteiger partial charge in [-0.25, -0.2) is 4.79 Å². The van der Waals surface area contributed by atoms with E-state index in [2.05, 4.69) is 20.9 Å². The maximum Gasteiger partial charge on any atom is 0.330 e. The van der Waals surface area contributed by atoms with Gasteiger partial charge in [0, 0.05) is 17.6 Å². The molecule has 1 saturated heterocycles. The third-order valence-corrected chi connectivity index (χ3v) is 3.14. The predicted octanol–water partition coefficient (Wildman–Crippen LogP) is 0.609. The van der Waals surface area contributed by atoms with Gasteiger partial charge in [-0.15, -0.1) is 0 Å². The van der Waals surface area contributed by atoms with Gasteiger partial charge in [-0.3, -0.25) is 14.3 Å². The van der Waals surface area contributed by atoms with Crippen molar-refractivity contribution in [2.24, 2.45) is 0 Å². The summed E-state index contributed by atoms with van der Waals surface area (Å²) < 4.78 is 7.03. The molecule has 0 amide bonds. The summed E-state index contributed by atoms with van der Waals surface area (Å²) >= 11 is 3.34. The Morgan fingerprint density at radius 2 is 2.33 bits per heavy atom. The smallest absolute Gasteiger partial charge is 0.330 e. The van der Waals surface area contributed by atoms with E-state index in [1.807, 2.05) is 0 Å². The van der Waals surface area contributed by atoms with Crippen LogP contribution in [-0.2, 0) is 4.74 Å². The molecule has 0 bridgehead atoms. The zero-order valence-electron chi connectivity index (χ0n) is 7.98. The van der Waals surface area contributed by atoms with Crippen LogP contribution in [0.3, 0.4) is 0 Å². The first-order chi connectivity index (χ1) is 7.20. The molecular weight excluding hydrogens is 264 g/mol. The molecule has 0 spiro atoms. The second-order valence-electron chi connectivity index (χ2n) is 3.46. The number of nitrogens with zero attached hydrogens (tertiary/aromatic N) is 1. The van der Waals surface area contributed by atoms with Gasteiger partial charge in [0.15, 0.2) is 0 Å². The molecule has 1 aliphatic heterocycles. The van der Waals surface area contributed by atoms with E-state index in [-0.39, 0.29) is 17.9 Å². The molecule has 0 radical (unpaired) electrons. The fourth-order valence-electron chi connectivity index (χ4n) is 1.66. The summed E-state index contributed by atoms with van der Waals surface area (Å²) in [7, 11) is 0. The quantitative estimate of drug-likeness (QED) is 0.804. The lowest BCUT2D eigenvalue weighted by atomic mass is 10.2. The number of aromatic amines is 1. The van der Waals surface area contributed by atoms with Gasteiger partial charge in [-0.1, -0.05) is 15.9 Å². The normalized spacial score (nSPS) is 25.7. The summed E-state index contributed by atoms with van der Waals surface area (Å²) in [6.45, 7) is 0. The van der Waals surface area contributed by atoms with E-state index >= 15 is 0 Å². The first-order valence-corrected chi connectivity index (χ1v) is 5.86. The van der Waals surface area contributed by atoms with Crippen LogP contribution in [0.4, 0.5) is 0 Å². The highest BCUT2D eigenvalue weighted by Crippen LogP contribution is 2.27. The van der Waals surface area contributed by atoms with Crippen LogP contribution in [0, 0.1) is 0 Å². The van der Waals surface area contributed by atoms with Gasteiger partial charge < -0.3 is 4.74 Å². The lowest BCUT2D eigenvalue weighted by Crippen LogP contribution is -2.31. The van der Waals surface area contributed by atoms with Gasteiger partial charge in [-0.2, -0.15) is 0 Å². The third-order valence-electron chi connectivity index (χ3n) is 2.42. The standard InChI is InChI=1S/C9H11BrN2O3/c10-5-6-1-2-8(15-6)12-4-3-7(13)11-9(12)14/h3-4,6,8H,1-2,5H2,(H,11,13,14)/t6-,8-/m1/s1. The minimum atomic E-state index is -0.414. The topological polar surface area (TPSA) is 64.1 Å². The Kier molecular flexibility index (Phi) is 3.06. The molecule has 0 saturated carbocycles. The number of halogens is 1. The van der Waals surface area contributed by atoms with E-state index < -0.39 is 5.69 Å². The van der Waals surface area contributed by atoms with Crippen molar-refractivity contribution >= 4 is 15.9 Å². The van der Waals surface area contributed by atoms with Crippen molar-refractivity contribution in [3.63, 3.8) is 0 Å². The van der Waals surface area contributed by atoms with Crippen LogP contribution < -0.4 is 11.2 Å². The Hall–Kier alpha value is -0.880. The largest absolute Gasteiger partial charge is 0.354 e. The number of alkyl halides is 1. The number of aromatic nitrogens is 2. The fourth-order valence-corrected chi connectivity index (χ4v) is 2.14. The van der Waals surface area contributed by atoms with Crippen LogP contribution in [0.2, 0.25) is 0 Å². The molecule has 5 nitrogen and oxygen atoms in total. The molecule has 2 rings (SSSR count). The fraction of sp³-hybridized carbons (Fsp3) is 0.556. The second-order valence-corrected chi connectivity index (χ2v) is 4.11. The summed E-state index contributed by atoms with van der Waals surface area (Å²) in [4.78, 5) is 24.5. The van der Waals surface area contributed by atoms with Crippen molar-refractivity contribution in [3.8, 4) is 0 Å². The molecular formula is C9H11BrN2O3. The van der Waals surface area contributed by atoms with Crippen molar-refractivity contribution in [2.45, 2.75) is 25.2 Å². The molecule has 1 aromatic heterocycles. The SMILES string of the molecule is O=c1ccn([C@H]2CC[C@H](CBr)O2)c(=O)[nH]1. The van der Waals surface area contributed by atoms with Gasteiger partial charge >= 0.3 is 5.69 Å². The zero-order valence-corrected chi connectivity index (χ0v) is 9.57. The zero-order chi connectivity index (χ0) is 10.8. The van der Waals surface area contributed by atoms with E-state index in [9.17, 15) is 9.59 Å². The predicted molar refractivity (Wildman–Crippen MR) is 58.3 cm³/mol. The molecule has 0 unspecified atom stereocenters. The van der Waals surface area contributed by atoms with E-state index in [1.165, 1.54) is 16.8 Å². The first kappa shape index (κ1) is 10.6. The van der Waals surface area contributed by atoms with Crippen molar-refractivity contribution in [2.75, 3.05) is 5.33 Å². The Balaban J connectivity index is 2.24. The summed E-state index contributed by atoms with van der Waals surface area (Å²) in [6, 6.07) is 1.33. The summed E-state index contributed by atoms with van der Waals surface area (Å²) in [5, 5.41) is 0.765. The van der Waals surface area contributed by atoms with Crippen molar-refractivity contribution in [3.05, 3.63) is 33.1 Å². The average Bonchev–Trinajstić information content (AvgIpc) is 2.66. The van der Waals surface area contributed by atoms with Crippen LogP contribution in [0.5, 0.6) is 0 Å². The monoisotopic (exact) mass is 274 g/mol. The molecule has 0 aromatic carbocycles. The minimum Gasteiger partial charge on any atom is -0.354 e. The average molecular weight is 275 g/mol. The maximum atomic E-state index is 11.4. The molecule has 2 heterocycles. The molecule has 82 valence electrons. The van der Waals surface area contributed by atoms with Gasteiger partial charge in [-0.05, 0) is 12.8 Å². The molecule has 0 aliphatic carbocycles. The number of hydrogen-bond donors (Lipinski definition) is 1. The molecule has 15 heavy (non-hydrogen) atoms. The maximum absolute atomic E-state index is 11.4. The molecule has 1 aromatic rings. The van der Waals surface area contributed by atoms with E-state index in [1.54, 1.807) is 0 Å². The van der Waals surface area contributed by atoms with Crippen LogP contribution in [0.25, 0.3) is 0 Å². The Labute approximate surface area is 94.2 Å². The van der Waals surface area contributed by atoms with Crippen LogP contribution in [0.1, 0.15) is 19.1 Å². The van der Waals surface area contributed by atoms with Gasteiger partial charge in [0.25, 0.3) is 5.56 Å². The molecule has 2 atom stereocenters. The first-order valence-electron chi connectivity index (χ1n) is 4.73. The van der Waals surface area contributed by atoms with Crippen molar-refractivity contribution in [1.29, 1.82) is 0 Å². The minimum absolute atomic E-state index is 0.147. The van der Waals surface area contributed by atoms with Crippen molar-refractivity contribution < 1.29 is 4.74 Å². The summed E-state index contributed by atoms with van der Waals surface area (Å²) in [5.41, 5.74) is -0.797. The number of ether oxygens (including phenoxy) is 1. The molecule has 6 heteroatoms. The summed E-state index contributed by atoms with van der Waals surface area (Å²) in [5.74, 6) is 0. The van der Waals surface area contributed by atoms with Gasteiger partial charge in [0.2, 0.25) is 0 Å². The number of hydrogen-bond acceptors (Lipinski definition) is 3. The summed E-state index contributed by atoms with van der Waals surface area (Å²) in [6.07, 6.45) is 3.08. The van der Waals surface area contributed by atoms with Crippen molar-refractivity contribution in [1.82, 2.24) is 9.55 Å². The van der Waals surface area contributed by atoms with Gasteiger partial charge in [0.1, 0.15) is 6.23 Å². The van der Waals surface area contributed by atoms with E-state index in [0.717, 1.165) is 18.2 Å². The van der Waals surface area contributed by atoms with Crippen LogP contribution in [0.15, 0.2) is 21.9 Å². The third kappa shape index (κ3) is 2.21. The number of nitrogens with one attached hydrogen (secondary N) is 1. The van der Waals surface area contributed by atoms with Crippen LogP contribution in [-0.4, -0.2) is 21.0 Å². The van der Waals surface area contributed by atoms with Gasteiger partial charge in [0.05, 0.1) is 6.10 Å². The Morgan fingerprint density at radius 1 is 1.53 bits per heavy atom. The lowest BCUT2D eigenvalue weighted by molar-refractivity contribution is 0.0105. The number of rotatable bonds is 2. The Morgan fingerprint density at radius 3 is 2.93 bits per heavy atom. The van der Waals surface area contributed by atoms with Crippen LogP contribution >= 0.6 is 15.9 Å². The Bertz CT molecular complexity index is 453. The highest BCUT2D eigenvalue weighted by Gasteiger charge is 2.26. The van der Waals surface area contributed by atoms with E-state index in [0.29, 0.717) is 0 Å². The highest BCUT2D eigenvalue weighted by molar-refractivity contribution is 9.09. The van der Waals surface area contributed by atoms with E-state index in [4.69, 9.17) is 4.74 Å². The molecule has 1 fully saturated rings. The second kappa shape index (κ2) is 4.32. The lowest BCUT2D eigenvalue weighted by Gasteiger charge is -2.13. The number of H-pyrrole nitrogens is 1.